The number of benzene rings is 1. The van der Waals surface area contributed by atoms with Gasteiger partial charge in [0.2, 0.25) is 0 Å². The van der Waals surface area contributed by atoms with E-state index in [-0.39, 0.29) is 11.0 Å². The number of carboxylic acid groups (broad SMARTS) is 1. The zero-order valence-corrected chi connectivity index (χ0v) is 10.5. The molecule has 0 saturated heterocycles. The SMILES string of the molecule is C=CC=C(C(=O)O)c1ccc(C(C)(C)C)cc1. The summed E-state index contributed by atoms with van der Waals surface area (Å²) in [5.41, 5.74) is 2.22. The smallest absolute Gasteiger partial charge is 0.336 e. The third-order valence-electron chi connectivity index (χ3n) is 2.58. The summed E-state index contributed by atoms with van der Waals surface area (Å²) in [6, 6.07) is 7.61. The highest BCUT2D eigenvalue weighted by molar-refractivity contribution is 6.15. The maximum absolute atomic E-state index is 11.1. The first-order chi connectivity index (χ1) is 7.86. The summed E-state index contributed by atoms with van der Waals surface area (Å²) in [4.78, 5) is 11.1. The van der Waals surface area contributed by atoms with Crippen LogP contribution in [0.4, 0.5) is 0 Å². The van der Waals surface area contributed by atoms with Crippen LogP contribution in [0, 0.1) is 0 Å². The van der Waals surface area contributed by atoms with Gasteiger partial charge in [0.1, 0.15) is 0 Å². The molecule has 0 amide bonds. The molecule has 0 fully saturated rings. The molecule has 2 heteroatoms. The topological polar surface area (TPSA) is 37.3 Å². The molecule has 0 heterocycles. The van der Waals surface area contributed by atoms with E-state index in [9.17, 15) is 4.79 Å². The normalized spacial score (nSPS) is 12.3. The molecule has 0 aliphatic rings. The molecule has 1 aromatic carbocycles. The molecule has 1 N–H and O–H groups in total. The number of aliphatic carboxylic acids is 1. The molecule has 0 saturated carbocycles. The molecule has 0 aliphatic heterocycles. The van der Waals surface area contributed by atoms with Crippen LogP contribution in [0.25, 0.3) is 5.57 Å². The van der Waals surface area contributed by atoms with Gasteiger partial charge in [-0.25, -0.2) is 4.79 Å². The Morgan fingerprint density at radius 1 is 1.24 bits per heavy atom. The van der Waals surface area contributed by atoms with Crippen LogP contribution in [0.1, 0.15) is 31.9 Å². The Morgan fingerprint density at radius 3 is 2.12 bits per heavy atom. The van der Waals surface area contributed by atoms with Crippen molar-refractivity contribution in [3.63, 3.8) is 0 Å². The molecule has 1 aromatic rings. The third-order valence-corrected chi connectivity index (χ3v) is 2.58. The lowest BCUT2D eigenvalue weighted by atomic mass is 9.86. The van der Waals surface area contributed by atoms with Gasteiger partial charge in [-0.2, -0.15) is 0 Å². The highest BCUT2D eigenvalue weighted by Gasteiger charge is 2.14. The van der Waals surface area contributed by atoms with Crippen LogP contribution in [0.3, 0.4) is 0 Å². The molecular weight excluding hydrogens is 212 g/mol. The lowest BCUT2D eigenvalue weighted by Gasteiger charge is -2.19. The van der Waals surface area contributed by atoms with Crippen molar-refractivity contribution in [2.24, 2.45) is 0 Å². The van der Waals surface area contributed by atoms with Crippen molar-refractivity contribution >= 4 is 11.5 Å². The van der Waals surface area contributed by atoms with Gasteiger partial charge in [0.15, 0.2) is 0 Å². The van der Waals surface area contributed by atoms with Gasteiger partial charge in [-0.3, -0.25) is 0 Å². The van der Waals surface area contributed by atoms with E-state index in [1.165, 1.54) is 17.7 Å². The predicted octanol–water partition coefficient (Wildman–Crippen LogP) is 3.64. The first-order valence-corrected chi connectivity index (χ1v) is 5.53. The van der Waals surface area contributed by atoms with Crippen LogP contribution in [0.5, 0.6) is 0 Å². The first-order valence-electron chi connectivity index (χ1n) is 5.53. The lowest BCUT2D eigenvalue weighted by Crippen LogP contribution is -2.11. The van der Waals surface area contributed by atoms with Crippen LogP contribution in [0.2, 0.25) is 0 Å². The number of hydrogen-bond acceptors (Lipinski definition) is 1. The number of rotatable bonds is 3. The number of allylic oxidation sites excluding steroid dienone is 2. The molecule has 1 rings (SSSR count). The van der Waals surface area contributed by atoms with Crippen molar-refractivity contribution in [3.05, 3.63) is 54.1 Å². The zero-order chi connectivity index (χ0) is 13.1. The van der Waals surface area contributed by atoms with Crippen LogP contribution in [0.15, 0.2) is 43.0 Å². The standard InChI is InChI=1S/C15H18O2/c1-5-6-13(14(16)17)11-7-9-12(10-8-11)15(2,3)4/h5-10H,1H2,2-4H3,(H,16,17). The summed E-state index contributed by atoms with van der Waals surface area (Å²) in [5, 5.41) is 9.07. The van der Waals surface area contributed by atoms with Crippen LogP contribution < -0.4 is 0 Å². The van der Waals surface area contributed by atoms with E-state index in [1.807, 2.05) is 24.3 Å². The van der Waals surface area contributed by atoms with Crippen molar-refractivity contribution in [2.45, 2.75) is 26.2 Å². The molecule has 2 nitrogen and oxygen atoms in total. The second-order valence-electron chi connectivity index (χ2n) is 4.95. The number of carboxylic acids is 1. The molecule has 0 atom stereocenters. The average Bonchev–Trinajstić information content (AvgIpc) is 2.24. The minimum atomic E-state index is -0.937. The third kappa shape index (κ3) is 3.31. The molecule has 0 unspecified atom stereocenters. The Labute approximate surface area is 102 Å². The Hall–Kier alpha value is -1.83. The molecule has 0 bridgehead atoms. The van der Waals surface area contributed by atoms with Gasteiger partial charge in [-0.15, -0.1) is 0 Å². The van der Waals surface area contributed by atoms with E-state index < -0.39 is 5.97 Å². The highest BCUT2D eigenvalue weighted by Crippen LogP contribution is 2.24. The summed E-state index contributed by atoms with van der Waals surface area (Å²) in [5.74, 6) is -0.937. The van der Waals surface area contributed by atoms with Crippen LogP contribution in [-0.2, 0) is 10.2 Å². The summed E-state index contributed by atoms with van der Waals surface area (Å²) in [6.45, 7) is 9.90. The van der Waals surface area contributed by atoms with Gasteiger partial charge in [0.05, 0.1) is 5.57 Å². The molecule has 0 aliphatic carbocycles. The summed E-state index contributed by atoms with van der Waals surface area (Å²) < 4.78 is 0. The minimum Gasteiger partial charge on any atom is -0.478 e. The van der Waals surface area contributed by atoms with Crippen molar-refractivity contribution in [2.75, 3.05) is 0 Å². The molecular formula is C15H18O2. The van der Waals surface area contributed by atoms with E-state index in [0.717, 1.165) is 0 Å². The maximum atomic E-state index is 11.1. The summed E-state index contributed by atoms with van der Waals surface area (Å²) >= 11 is 0. The van der Waals surface area contributed by atoms with Gasteiger partial charge in [0.25, 0.3) is 0 Å². The van der Waals surface area contributed by atoms with Crippen LogP contribution in [-0.4, -0.2) is 11.1 Å². The summed E-state index contributed by atoms with van der Waals surface area (Å²) in [7, 11) is 0. The van der Waals surface area contributed by atoms with E-state index in [0.29, 0.717) is 5.56 Å². The Balaban J connectivity index is 3.14. The van der Waals surface area contributed by atoms with Crippen molar-refractivity contribution < 1.29 is 9.90 Å². The Kier molecular flexibility index (Phi) is 3.89. The average molecular weight is 230 g/mol. The van der Waals surface area contributed by atoms with E-state index in [1.54, 1.807) is 0 Å². The van der Waals surface area contributed by atoms with Crippen molar-refractivity contribution in [1.29, 1.82) is 0 Å². The summed E-state index contributed by atoms with van der Waals surface area (Å²) in [6.07, 6.45) is 3.00. The van der Waals surface area contributed by atoms with Gasteiger partial charge < -0.3 is 5.11 Å². The van der Waals surface area contributed by atoms with Crippen molar-refractivity contribution in [3.8, 4) is 0 Å². The predicted molar refractivity (Wildman–Crippen MR) is 71.0 cm³/mol. The van der Waals surface area contributed by atoms with Gasteiger partial charge in [-0.1, -0.05) is 57.7 Å². The van der Waals surface area contributed by atoms with Crippen molar-refractivity contribution in [1.82, 2.24) is 0 Å². The van der Waals surface area contributed by atoms with Gasteiger partial charge in [-0.05, 0) is 22.6 Å². The highest BCUT2D eigenvalue weighted by atomic mass is 16.4. The number of carbonyl (C=O) groups is 1. The quantitative estimate of drug-likeness (QED) is 0.636. The zero-order valence-electron chi connectivity index (χ0n) is 10.5. The fourth-order valence-electron chi connectivity index (χ4n) is 1.56. The van der Waals surface area contributed by atoms with E-state index >= 15 is 0 Å². The first kappa shape index (κ1) is 13.2. The van der Waals surface area contributed by atoms with E-state index in [4.69, 9.17) is 5.11 Å². The Morgan fingerprint density at radius 2 is 1.76 bits per heavy atom. The fourth-order valence-corrected chi connectivity index (χ4v) is 1.56. The van der Waals surface area contributed by atoms with Gasteiger partial charge >= 0.3 is 5.97 Å². The second-order valence-corrected chi connectivity index (χ2v) is 4.95. The van der Waals surface area contributed by atoms with Gasteiger partial charge in [0, 0.05) is 0 Å². The lowest BCUT2D eigenvalue weighted by molar-refractivity contribution is -0.130. The second kappa shape index (κ2) is 5.00. The minimum absolute atomic E-state index is 0.0735. The molecule has 17 heavy (non-hydrogen) atoms. The largest absolute Gasteiger partial charge is 0.478 e. The Bertz CT molecular complexity index is 445. The number of hydrogen-bond donors (Lipinski definition) is 1. The maximum Gasteiger partial charge on any atom is 0.336 e. The molecule has 90 valence electrons. The van der Waals surface area contributed by atoms with E-state index in [2.05, 4.69) is 27.4 Å². The monoisotopic (exact) mass is 230 g/mol. The van der Waals surface area contributed by atoms with Crippen LogP contribution >= 0.6 is 0 Å². The molecule has 0 radical (unpaired) electrons. The fraction of sp³-hybridized carbons (Fsp3) is 0.267. The molecule has 0 aromatic heterocycles. The molecule has 0 spiro atoms.